The molecule has 2 rings (SSSR count). The van der Waals surface area contributed by atoms with Crippen molar-refractivity contribution >= 4 is 17.5 Å². The van der Waals surface area contributed by atoms with E-state index in [2.05, 4.69) is 10.3 Å². The second-order valence-electron chi connectivity index (χ2n) is 4.93. The van der Waals surface area contributed by atoms with Crippen molar-refractivity contribution in [3.8, 4) is 5.75 Å². The molecular formula is C14H20N2O2S. The van der Waals surface area contributed by atoms with E-state index in [1.165, 1.54) is 0 Å². The highest BCUT2D eigenvalue weighted by Crippen LogP contribution is 2.17. The molecule has 0 radical (unpaired) electrons. The van der Waals surface area contributed by atoms with Gasteiger partial charge >= 0.3 is 0 Å². The lowest BCUT2D eigenvalue weighted by molar-refractivity contribution is 0.0971. The normalized spacial score (nSPS) is 19.4. The molecule has 1 N–H and O–H groups in total. The third-order valence-electron chi connectivity index (χ3n) is 2.84. The lowest BCUT2D eigenvalue weighted by atomic mass is 10.1. The van der Waals surface area contributed by atoms with E-state index in [9.17, 15) is 4.79 Å². The van der Waals surface area contributed by atoms with Crippen molar-refractivity contribution in [3.63, 3.8) is 0 Å². The van der Waals surface area contributed by atoms with Crippen molar-refractivity contribution in [1.29, 1.82) is 0 Å². The minimum Gasteiger partial charge on any atom is -0.489 e. The summed E-state index contributed by atoms with van der Waals surface area (Å²) in [6.45, 7) is 4.90. The van der Waals surface area contributed by atoms with Crippen LogP contribution in [-0.2, 0) is 0 Å². The molecule has 2 heterocycles. The van der Waals surface area contributed by atoms with Crippen molar-refractivity contribution in [2.45, 2.75) is 32.4 Å². The third kappa shape index (κ3) is 4.51. The summed E-state index contributed by atoms with van der Waals surface area (Å²) < 4.78 is 5.56. The number of pyridine rings is 1. The summed E-state index contributed by atoms with van der Waals surface area (Å²) in [5.74, 6) is 2.92. The molecule has 0 aromatic carbocycles. The van der Waals surface area contributed by atoms with E-state index >= 15 is 0 Å². The average molecular weight is 280 g/mol. The van der Waals surface area contributed by atoms with Crippen molar-refractivity contribution < 1.29 is 9.53 Å². The molecule has 1 aromatic heterocycles. The summed E-state index contributed by atoms with van der Waals surface area (Å²) in [7, 11) is 0. The fraction of sp³-hybridized carbons (Fsp3) is 0.571. The number of thioether (sulfide) groups is 1. The highest BCUT2D eigenvalue weighted by atomic mass is 32.2. The Labute approximate surface area is 118 Å². The van der Waals surface area contributed by atoms with Crippen LogP contribution in [0.1, 0.15) is 30.6 Å². The number of ether oxygens (including phenoxy) is 1. The minimum absolute atomic E-state index is 0.0866. The molecule has 1 aliphatic heterocycles. The molecule has 0 amide bonds. The molecule has 104 valence electrons. The fourth-order valence-corrected chi connectivity index (χ4v) is 2.95. The fourth-order valence-electron chi connectivity index (χ4n) is 2.00. The SMILES string of the molecule is CC(C)Oc1cncc(C(=O)CC2CSCCN2)c1. The van der Waals surface area contributed by atoms with E-state index < -0.39 is 0 Å². The molecule has 19 heavy (non-hydrogen) atoms. The number of carbonyl (C=O) groups is 1. The summed E-state index contributed by atoms with van der Waals surface area (Å²) in [5.41, 5.74) is 0.635. The smallest absolute Gasteiger partial charge is 0.166 e. The number of hydrogen-bond acceptors (Lipinski definition) is 5. The van der Waals surface area contributed by atoms with Gasteiger partial charge in [-0.2, -0.15) is 11.8 Å². The van der Waals surface area contributed by atoms with Gasteiger partial charge in [-0.05, 0) is 19.9 Å². The largest absolute Gasteiger partial charge is 0.489 e. The molecule has 1 aliphatic rings. The third-order valence-corrected chi connectivity index (χ3v) is 3.97. The average Bonchev–Trinajstić information content (AvgIpc) is 2.39. The first-order chi connectivity index (χ1) is 9.15. The highest BCUT2D eigenvalue weighted by molar-refractivity contribution is 7.99. The van der Waals surface area contributed by atoms with Crippen molar-refractivity contribution in [3.05, 3.63) is 24.0 Å². The first kappa shape index (κ1) is 14.3. The molecule has 1 saturated heterocycles. The molecule has 4 nitrogen and oxygen atoms in total. The van der Waals surface area contributed by atoms with Crippen LogP contribution in [0.4, 0.5) is 0 Å². The molecule has 1 fully saturated rings. The van der Waals surface area contributed by atoms with Gasteiger partial charge in [-0.1, -0.05) is 0 Å². The first-order valence-corrected chi connectivity index (χ1v) is 7.76. The Kier molecular flexibility index (Phi) is 5.22. The van der Waals surface area contributed by atoms with Gasteiger partial charge in [-0.15, -0.1) is 0 Å². The molecule has 1 aromatic rings. The Morgan fingerprint density at radius 1 is 1.58 bits per heavy atom. The van der Waals surface area contributed by atoms with Gasteiger partial charge < -0.3 is 10.1 Å². The molecule has 1 unspecified atom stereocenters. The summed E-state index contributed by atoms with van der Waals surface area (Å²) in [6, 6.07) is 2.06. The zero-order valence-electron chi connectivity index (χ0n) is 11.4. The summed E-state index contributed by atoms with van der Waals surface area (Å²) >= 11 is 1.90. The number of rotatable bonds is 5. The van der Waals surface area contributed by atoms with Crippen LogP contribution in [0.3, 0.4) is 0 Å². The molecular weight excluding hydrogens is 260 g/mol. The van der Waals surface area contributed by atoms with E-state index in [4.69, 9.17) is 4.74 Å². The molecule has 0 aliphatic carbocycles. The maximum atomic E-state index is 12.2. The van der Waals surface area contributed by atoms with Gasteiger partial charge in [0, 0.05) is 42.3 Å². The Balaban J connectivity index is 1.97. The Morgan fingerprint density at radius 2 is 2.42 bits per heavy atom. The number of aromatic nitrogens is 1. The van der Waals surface area contributed by atoms with E-state index in [0.29, 0.717) is 17.7 Å². The minimum atomic E-state index is 0.0866. The van der Waals surface area contributed by atoms with E-state index in [0.717, 1.165) is 18.1 Å². The first-order valence-electron chi connectivity index (χ1n) is 6.61. The number of hydrogen-bond donors (Lipinski definition) is 1. The zero-order valence-corrected chi connectivity index (χ0v) is 12.2. The quantitative estimate of drug-likeness (QED) is 0.838. The van der Waals surface area contributed by atoms with Crippen LogP contribution < -0.4 is 10.1 Å². The predicted molar refractivity (Wildman–Crippen MR) is 78.1 cm³/mol. The van der Waals surface area contributed by atoms with Crippen LogP contribution in [-0.4, -0.2) is 41.0 Å². The van der Waals surface area contributed by atoms with Crippen molar-refractivity contribution in [2.75, 3.05) is 18.1 Å². The van der Waals surface area contributed by atoms with Gasteiger partial charge in [0.2, 0.25) is 0 Å². The number of ketones is 1. The molecule has 0 saturated carbocycles. The van der Waals surface area contributed by atoms with E-state index in [-0.39, 0.29) is 17.9 Å². The van der Waals surface area contributed by atoms with E-state index in [1.807, 2.05) is 25.6 Å². The summed E-state index contributed by atoms with van der Waals surface area (Å²) in [5, 5.41) is 3.37. The van der Waals surface area contributed by atoms with Crippen LogP contribution in [0.15, 0.2) is 18.5 Å². The van der Waals surface area contributed by atoms with Gasteiger partial charge in [0.05, 0.1) is 12.3 Å². The number of Topliss-reactive ketones (excluding diaryl/α,β-unsaturated/α-hetero) is 1. The van der Waals surface area contributed by atoms with Crippen LogP contribution in [0.2, 0.25) is 0 Å². The van der Waals surface area contributed by atoms with Crippen LogP contribution in [0.25, 0.3) is 0 Å². The molecule has 5 heteroatoms. The van der Waals surface area contributed by atoms with Gasteiger partial charge in [0.15, 0.2) is 5.78 Å². The second kappa shape index (κ2) is 6.91. The molecule has 0 bridgehead atoms. The molecule has 0 spiro atoms. The van der Waals surface area contributed by atoms with Gasteiger partial charge in [0.25, 0.3) is 0 Å². The maximum Gasteiger partial charge on any atom is 0.166 e. The van der Waals surface area contributed by atoms with Crippen molar-refractivity contribution in [2.24, 2.45) is 0 Å². The van der Waals surface area contributed by atoms with E-state index in [1.54, 1.807) is 18.5 Å². The lowest BCUT2D eigenvalue weighted by Gasteiger charge is -2.22. The van der Waals surface area contributed by atoms with Gasteiger partial charge in [-0.25, -0.2) is 0 Å². The Bertz CT molecular complexity index is 431. The van der Waals surface area contributed by atoms with Gasteiger partial charge in [0.1, 0.15) is 5.75 Å². The monoisotopic (exact) mass is 280 g/mol. The topological polar surface area (TPSA) is 51.2 Å². The van der Waals surface area contributed by atoms with Gasteiger partial charge in [-0.3, -0.25) is 9.78 Å². The highest BCUT2D eigenvalue weighted by Gasteiger charge is 2.18. The van der Waals surface area contributed by atoms with Crippen LogP contribution >= 0.6 is 11.8 Å². The van der Waals surface area contributed by atoms with Crippen molar-refractivity contribution in [1.82, 2.24) is 10.3 Å². The van der Waals surface area contributed by atoms with Crippen LogP contribution in [0, 0.1) is 0 Å². The lowest BCUT2D eigenvalue weighted by Crippen LogP contribution is -2.38. The standard InChI is InChI=1S/C14H20N2O2S/c1-10(2)18-13-5-11(7-15-8-13)14(17)6-12-9-19-4-3-16-12/h5,7-8,10,12,16H,3-4,6,9H2,1-2H3. The van der Waals surface area contributed by atoms with Crippen LogP contribution in [0.5, 0.6) is 5.75 Å². The molecule has 1 atom stereocenters. The second-order valence-corrected chi connectivity index (χ2v) is 6.08. The Morgan fingerprint density at radius 3 is 3.11 bits per heavy atom. The predicted octanol–water partition coefficient (Wildman–Crippen LogP) is 2.15. The summed E-state index contributed by atoms with van der Waals surface area (Å²) in [4.78, 5) is 16.3. The number of nitrogens with one attached hydrogen (secondary N) is 1. The number of carbonyl (C=O) groups excluding carboxylic acids is 1. The summed E-state index contributed by atoms with van der Waals surface area (Å²) in [6.07, 6.45) is 3.88. The Hall–Kier alpha value is -1.07. The zero-order chi connectivity index (χ0) is 13.7. The maximum absolute atomic E-state index is 12.2. The number of nitrogens with zero attached hydrogens (tertiary/aromatic N) is 1.